The van der Waals surface area contributed by atoms with E-state index in [1.165, 1.54) is 5.56 Å². The van der Waals surface area contributed by atoms with Crippen molar-refractivity contribution in [1.82, 2.24) is 90.4 Å². The highest BCUT2D eigenvalue weighted by atomic mass is 32.2. The number of Topliss-reactive ketones (excluding diaryl/α,β-unsaturated/α-hetero) is 2. The quantitative estimate of drug-likeness (QED) is 0.0228. The number of piperidine rings is 4. The molecular formula is C101H121F3N28O14S. The zero-order valence-electron chi connectivity index (χ0n) is 83.2. The third-order valence-electron chi connectivity index (χ3n) is 28.1. The number of aryl methyl sites for hydroxylation is 1. The van der Waals surface area contributed by atoms with Crippen molar-refractivity contribution in [1.29, 1.82) is 15.8 Å². The number of hydrogen-bond donors (Lipinski definition) is 5. The van der Waals surface area contributed by atoms with Crippen LogP contribution >= 0.6 is 0 Å². The van der Waals surface area contributed by atoms with Crippen molar-refractivity contribution in [2.24, 2.45) is 62.6 Å². The number of rotatable bonds is 36. The smallest absolute Gasteiger partial charge is 0.389 e. The number of pyridine rings is 4. The zero-order valence-corrected chi connectivity index (χ0v) is 84.0. The molecular weight excluding hydrogens is 1920 g/mol. The number of methoxy groups -OCH3 is 1. The topological polar surface area (TPSA) is 563 Å². The average molecular weight is 2040 g/mol. The summed E-state index contributed by atoms with van der Waals surface area (Å²) in [5.41, 5.74) is 14.7. The Morgan fingerprint density at radius 2 is 1.18 bits per heavy atom. The highest BCUT2D eigenvalue weighted by molar-refractivity contribution is 7.90. The van der Waals surface area contributed by atoms with Gasteiger partial charge in [0.1, 0.15) is 45.4 Å². The Morgan fingerprint density at radius 1 is 0.639 bits per heavy atom. The van der Waals surface area contributed by atoms with E-state index in [0.29, 0.717) is 107 Å². The van der Waals surface area contributed by atoms with Gasteiger partial charge >= 0.3 is 30.2 Å². The van der Waals surface area contributed by atoms with Gasteiger partial charge in [-0.15, -0.1) is 0 Å². The van der Waals surface area contributed by atoms with Crippen LogP contribution in [0.2, 0.25) is 0 Å². The molecule has 9 aromatic heterocycles. The van der Waals surface area contributed by atoms with Crippen molar-refractivity contribution in [2.75, 3.05) is 137 Å². The first-order valence-electron chi connectivity index (χ1n) is 49.9. The molecule has 19 rings (SSSR count). The number of nitriles is 3. The number of aliphatic imine (C=N–C) groups is 2. The molecule has 776 valence electrons. The van der Waals surface area contributed by atoms with E-state index in [1.54, 1.807) is 46.3 Å². The Morgan fingerprint density at radius 3 is 1.70 bits per heavy atom. The van der Waals surface area contributed by atoms with Crippen molar-refractivity contribution in [3.63, 3.8) is 0 Å². The first-order valence-corrected chi connectivity index (χ1v) is 52.0. The molecule has 3 saturated carbocycles. The summed E-state index contributed by atoms with van der Waals surface area (Å²) in [5, 5.41) is 44.3. The molecule has 10 aliphatic rings. The number of nitrogens with one attached hydrogen (secondary N) is 3. The molecule has 3 amide bonds. The van der Waals surface area contributed by atoms with E-state index in [1.807, 2.05) is 72.4 Å². The lowest BCUT2D eigenvalue weighted by Gasteiger charge is -2.33. The van der Waals surface area contributed by atoms with Crippen molar-refractivity contribution < 1.29 is 79.1 Å². The maximum absolute atomic E-state index is 13.1. The first kappa shape index (κ1) is 106. The first-order chi connectivity index (χ1) is 70.6. The monoisotopic (exact) mass is 2040 g/mol. The van der Waals surface area contributed by atoms with Crippen LogP contribution in [0.25, 0.3) is 11.0 Å². The predicted molar refractivity (Wildman–Crippen MR) is 530 cm³/mol. The highest BCUT2D eigenvalue weighted by Gasteiger charge is 2.46. The molecule has 0 bridgehead atoms. The van der Waals surface area contributed by atoms with Crippen LogP contribution in [0.5, 0.6) is 24.0 Å². The van der Waals surface area contributed by atoms with Crippen LogP contribution in [0.3, 0.4) is 0 Å². The molecule has 7 atom stereocenters. The van der Waals surface area contributed by atoms with E-state index in [4.69, 9.17) is 54.7 Å². The maximum atomic E-state index is 13.1. The zero-order chi connectivity index (χ0) is 104. The summed E-state index contributed by atoms with van der Waals surface area (Å²) in [6, 6.07) is 24.3. The average Bonchev–Trinajstić information content (AvgIpc) is 1.62. The second-order valence-corrected chi connectivity index (χ2v) is 41.8. The standard InChI is InChI=1S/C27H35N7O4.C26H30N8O3.C24H24F3N7O2.C24H32N6O5S/c1-15-5-6-20(30-22(15)23(29)36)17-7-9-34(10-8-17)25-31-24(21(35)11-16(2)27(3,4)37)32-26(33-25)38-14-19-12-18(19)13-28;27-15-26(7-8-26)16-37-25-32-22(23(35)30-13-18-3-2-12-36-18)31-24(33-25)34-10-5-17(6-11-34)21-19-4-1-9-28-20(19)14-29-21;25-24(26,27)6-3-19(35)21-31-22(33-23(32-21)36-13-16-10-15(16)11-28)34-8-4-14(5-9-34)18-12-30-20-17(18)2-1-7-29-20;1-16(15-34-2)35-24-28-19(23(31)26-9-12-36(3,32)33)13-21(29-24)30-10-6-17(7-11-30)22-18-5-4-8-25-20(18)14-27-22/h5-6,16-19,37H,7-12,14H2,1-4H3,(H2,29,36);1,4,9,17-18H,2-3,5-8,10-14,16H2,(H,30,35);1-2,7,12,14-16H,3-6,8-10,13H2,(H,29,30);4-5,8,13,16-17H,6-7,9-12,14-15H2,1-3H3,(H,26,31)/t16-,18-,19+;;15-,16+;16-/m0.01/s1. The minimum absolute atomic E-state index is 0.00200. The number of amides is 3. The number of alkyl halides is 3. The van der Waals surface area contributed by atoms with Crippen LogP contribution in [0.1, 0.15) is 241 Å². The number of primary amides is 1. The number of anilines is 4. The summed E-state index contributed by atoms with van der Waals surface area (Å²) in [6.07, 6.45) is 13.5. The molecule has 0 aromatic carbocycles. The number of nitrogens with zero attached hydrogens (tertiary/aromatic N) is 24. The van der Waals surface area contributed by atoms with E-state index < -0.39 is 57.5 Å². The third kappa shape index (κ3) is 28.2. The van der Waals surface area contributed by atoms with Crippen LogP contribution in [-0.2, 0) is 32.4 Å². The summed E-state index contributed by atoms with van der Waals surface area (Å²) >= 11 is 0. The number of aliphatic hydroxyl groups is 1. The number of carbonyl (C=O) groups excluding carboxylic acids is 5. The van der Waals surface area contributed by atoms with Gasteiger partial charge in [0.25, 0.3) is 17.7 Å². The molecule has 0 spiro atoms. The Bertz CT molecular complexity index is 6570. The van der Waals surface area contributed by atoms with Gasteiger partial charge in [-0.25, -0.2) is 18.4 Å². The number of H-pyrrole nitrogens is 1. The normalized spacial score (nSPS) is 20.0. The Balaban J connectivity index is 0.000000140. The minimum atomic E-state index is -4.46. The summed E-state index contributed by atoms with van der Waals surface area (Å²) in [4.78, 5) is 149. The summed E-state index contributed by atoms with van der Waals surface area (Å²) < 4.78 is 94.6. The number of sulfone groups is 1. The van der Waals surface area contributed by atoms with E-state index >= 15 is 0 Å². The van der Waals surface area contributed by atoms with Gasteiger partial charge in [-0.1, -0.05) is 13.0 Å². The lowest BCUT2D eigenvalue weighted by atomic mass is 9.88. The Labute approximate surface area is 848 Å². The fourth-order valence-corrected chi connectivity index (χ4v) is 19.0. The molecule has 3 aliphatic carbocycles. The Hall–Kier alpha value is -14.2. The van der Waals surface area contributed by atoms with Gasteiger partial charge in [-0.05, 0) is 183 Å². The van der Waals surface area contributed by atoms with Gasteiger partial charge in [0.2, 0.25) is 46.9 Å². The van der Waals surface area contributed by atoms with Gasteiger partial charge in [0.15, 0.2) is 0 Å². The van der Waals surface area contributed by atoms with Crippen LogP contribution in [0, 0.1) is 87.8 Å². The molecule has 1 unspecified atom stereocenters. The number of hydrogen-bond acceptors (Lipinski definition) is 38. The van der Waals surface area contributed by atoms with Gasteiger partial charge < -0.3 is 74.5 Å². The lowest BCUT2D eigenvalue weighted by Crippen LogP contribution is -2.38. The molecule has 5 saturated heterocycles. The van der Waals surface area contributed by atoms with Crippen molar-refractivity contribution >= 4 is 85.2 Å². The summed E-state index contributed by atoms with van der Waals surface area (Å²) in [7, 11) is -1.62. The van der Waals surface area contributed by atoms with Gasteiger partial charge in [-0.2, -0.15) is 83.8 Å². The molecule has 46 heteroatoms. The maximum Gasteiger partial charge on any atom is 0.389 e. The van der Waals surface area contributed by atoms with Crippen LogP contribution < -0.4 is 54.9 Å². The molecule has 42 nitrogen and oxygen atoms in total. The van der Waals surface area contributed by atoms with Gasteiger partial charge in [0, 0.05) is 192 Å². The largest absolute Gasteiger partial charge is 0.463 e. The van der Waals surface area contributed by atoms with Crippen molar-refractivity contribution in [2.45, 2.75) is 193 Å². The predicted octanol–water partition coefficient (Wildman–Crippen LogP) is 10.1. The molecule has 147 heavy (non-hydrogen) atoms. The highest BCUT2D eigenvalue weighted by Crippen LogP contribution is 2.46. The molecule has 8 fully saturated rings. The molecule has 6 N–H and O–H groups in total. The van der Waals surface area contributed by atoms with Crippen LogP contribution in [-0.4, -0.2) is 276 Å². The number of fused-ring (bicyclic) bond motifs is 3. The molecule has 16 heterocycles. The van der Waals surface area contributed by atoms with E-state index in [0.717, 1.165) is 179 Å². The van der Waals surface area contributed by atoms with E-state index in [2.05, 4.69) is 131 Å². The number of aromatic nitrogens is 16. The number of nitrogens with two attached hydrogens (primary N) is 1. The van der Waals surface area contributed by atoms with Gasteiger partial charge in [-0.3, -0.25) is 43.9 Å². The van der Waals surface area contributed by atoms with Gasteiger partial charge in [0.05, 0.1) is 104 Å². The SMILES string of the molecule is COC[C@@H](C)Oc1nc(C(=O)NCCS(C)(=O)=O)cc(N2CCC(C3=NCc4ncccc43)CC2)n1.Cc1ccc(C2CCN(c3nc(OC[C@H]4C[C@H]4C#N)nc(C(=O)C[C@H](C)C(C)(C)O)n3)CC2)nc1C(N)=O.N#CC1(COc2nc(C(=O)NCC3CCCO3)nc(N3CCC(C4=NCc5ncccc54)CC3)n2)CC1.N#C[C@@H]1C[C@@H]1COc1nc(C(=O)CCC(F)(F)F)nc(N2CCC(c3c[nH]c4ncccc34)CC2)n1. The molecule has 0 radical (unpaired) electrons. The fraction of sp³-hybridized carbons (Fsp3) is 0.554. The molecule has 9 aromatic rings. The van der Waals surface area contributed by atoms with Crippen LogP contribution in [0.4, 0.5) is 36.8 Å². The lowest BCUT2D eigenvalue weighted by molar-refractivity contribution is -0.133. The van der Waals surface area contributed by atoms with Crippen molar-refractivity contribution in [3.05, 3.63) is 148 Å². The molecule has 7 aliphatic heterocycles. The number of ether oxygens (including phenoxy) is 6. The third-order valence-corrected chi connectivity index (χ3v) is 29.0. The van der Waals surface area contributed by atoms with E-state index in [9.17, 15) is 55.9 Å². The number of aromatic amines is 1. The minimum Gasteiger partial charge on any atom is -0.463 e. The second kappa shape index (κ2) is 47.1. The number of ketones is 2. The van der Waals surface area contributed by atoms with Crippen molar-refractivity contribution in [3.8, 4) is 42.2 Å². The van der Waals surface area contributed by atoms with Crippen LogP contribution in [0.15, 0.2) is 89.4 Å². The summed E-state index contributed by atoms with van der Waals surface area (Å²) in [5.74, 6) is -0.501. The second-order valence-electron chi connectivity index (χ2n) is 39.6. The number of carbonyl (C=O) groups is 5. The van der Waals surface area contributed by atoms with E-state index in [-0.39, 0.29) is 144 Å². The Kier molecular flexibility index (Phi) is 33.9. The number of halogens is 3. The fourth-order valence-electron chi connectivity index (χ4n) is 18.5. The summed E-state index contributed by atoms with van der Waals surface area (Å²) in [6.45, 7) is 17.6.